The molecule has 0 aromatic rings. The maximum atomic E-state index is 13.4. The largest absolute Gasteiger partial charge is 0.299 e. The van der Waals surface area contributed by atoms with Crippen molar-refractivity contribution in [3.63, 3.8) is 0 Å². The molecule has 5 aliphatic carbocycles. The van der Waals surface area contributed by atoms with Crippen molar-refractivity contribution in [2.45, 2.75) is 105 Å². The molecular formula is C27H44O. The molecule has 5 saturated carbocycles. The Morgan fingerprint density at radius 3 is 2.46 bits per heavy atom. The molecular weight excluding hydrogens is 340 g/mol. The second kappa shape index (κ2) is 6.34. The molecule has 0 aliphatic heterocycles. The Bertz CT molecular complexity index is 651. The lowest BCUT2D eigenvalue weighted by Crippen LogP contribution is -2.55. The van der Waals surface area contributed by atoms with Crippen LogP contribution in [0.25, 0.3) is 0 Å². The zero-order chi connectivity index (χ0) is 19.9. The van der Waals surface area contributed by atoms with Crippen molar-refractivity contribution in [1.82, 2.24) is 0 Å². The van der Waals surface area contributed by atoms with Crippen LogP contribution in [0.4, 0.5) is 0 Å². The van der Waals surface area contributed by atoms with E-state index in [1.54, 1.807) is 0 Å². The van der Waals surface area contributed by atoms with Gasteiger partial charge < -0.3 is 0 Å². The average Bonchev–Trinajstić information content (AvgIpc) is 3.15. The van der Waals surface area contributed by atoms with Crippen molar-refractivity contribution in [2.24, 2.45) is 57.7 Å². The maximum absolute atomic E-state index is 13.4. The third-order valence-corrected chi connectivity index (χ3v) is 11.5. The number of carbonyl (C=O) groups excluding carboxylic acids is 1. The summed E-state index contributed by atoms with van der Waals surface area (Å²) in [6.45, 7) is 12.5. The van der Waals surface area contributed by atoms with Crippen molar-refractivity contribution in [3.05, 3.63) is 0 Å². The molecule has 5 fully saturated rings. The van der Waals surface area contributed by atoms with Gasteiger partial charge in [-0.05, 0) is 97.2 Å². The molecule has 28 heavy (non-hydrogen) atoms. The van der Waals surface area contributed by atoms with E-state index in [-0.39, 0.29) is 5.41 Å². The molecule has 5 rings (SSSR count). The third-order valence-electron chi connectivity index (χ3n) is 11.5. The zero-order valence-corrected chi connectivity index (χ0v) is 19.2. The lowest BCUT2D eigenvalue weighted by Gasteiger charge is -2.58. The second-order valence-corrected chi connectivity index (χ2v) is 12.9. The first-order valence-corrected chi connectivity index (χ1v) is 12.8. The number of rotatable bonds is 5. The number of ketones is 1. The van der Waals surface area contributed by atoms with Gasteiger partial charge in [0.15, 0.2) is 0 Å². The van der Waals surface area contributed by atoms with Crippen LogP contribution in [0.2, 0.25) is 0 Å². The van der Waals surface area contributed by atoms with Gasteiger partial charge in [-0.2, -0.15) is 0 Å². The summed E-state index contributed by atoms with van der Waals surface area (Å²) in [5.41, 5.74) is 1.03. The van der Waals surface area contributed by atoms with E-state index in [2.05, 4.69) is 34.6 Å². The first-order chi connectivity index (χ1) is 13.2. The highest BCUT2D eigenvalue weighted by atomic mass is 16.1. The molecule has 0 amide bonds. The van der Waals surface area contributed by atoms with E-state index in [0.29, 0.717) is 22.5 Å². The summed E-state index contributed by atoms with van der Waals surface area (Å²) in [6, 6.07) is 0. The van der Waals surface area contributed by atoms with Crippen LogP contribution >= 0.6 is 0 Å². The fourth-order valence-corrected chi connectivity index (χ4v) is 10.0. The van der Waals surface area contributed by atoms with Crippen molar-refractivity contribution in [1.29, 1.82) is 0 Å². The van der Waals surface area contributed by atoms with Crippen molar-refractivity contribution in [3.8, 4) is 0 Å². The summed E-state index contributed by atoms with van der Waals surface area (Å²) >= 11 is 0. The number of carbonyl (C=O) groups is 1. The predicted molar refractivity (Wildman–Crippen MR) is 116 cm³/mol. The van der Waals surface area contributed by atoms with Gasteiger partial charge in [0.05, 0.1) is 0 Å². The molecule has 0 bridgehead atoms. The lowest BCUT2D eigenvalue weighted by atomic mass is 9.45. The van der Waals surface area contributed by atoms with Gasteiger partial charge in [-0.25, -0.2) is 0 Å². The van der Waals surface area contributed by atoms with Gasteiger partial charge in [-0.1, -0.05) is 53.9 Å². The average molecular weight is 385 g/mol. The highest BCUT2D eigenvalue weighted by Gasteiger charge is 2.77. The molecule has 0 aromatic carbocycles. The second-order valence-electron chi connectivity index (χ2n) is 12.9. The normalized spacial score (nSPS) is 52.8. The van der Waals surface area contributed by atoms with Gasteiger partial charge >= 0.3 is 0 Å². The van der Waals surface area contributed by atoms with E-state index in [9.17, 15) is 4.79 Å². The van der Waals surface area contributed by atoms with Gasteiger partial charge in [0.2, 0.25) is 0 Å². The monoisotopic (exact) mass is 384 g/mol. The molecule has 0 aromatic heterocycles. The summed E-state index contributed by atoms with van der Waals surface area (Å²) in [5, 5.41) is 0. The molecule has 0 unspecified atom stereocenters. The predicted octanol–water partition coefficient (Wildman–Crippen LogP) is 7.29. The van der Waals surface area contributed by atoms with E-state index in [1.807, 2.05) is 0 Å². The fourth-order valence-electron chi connectivity index (χ4n) is 10.0. The van der Waals surface area contributed by atoms with Gasteiger partial charge in [0.25, 0.3) is 0 Å². The maximum Gasteiger partial charge on any atom is 0.140 e. The minimum absolute atomic E-state index is 0.157. The van der Waals surface area contributed by atoms with Crippen LogP contribution in [0.1, 0.15) is 105 Å². The molecule has 0 heterocycles. The summed E-state index contributed by atoms with van der Waals surface area (Å²) in [6.07, 6.45) is 14.8. The molecule has 158 valence electrons. The first kappa shape index (κ1) is 19.6. The van der Waals surface area contributed by atoms with E-state index >= 15 is 0 Å². The zero-order valence-electron chi connectivity index (χ0n) is 19.2. The molecule has 1 spiro atoms. The molecule has 0 radical (unpaired) electrons. The molecule has 9 atom stereocenters. The summed E-state index contributed by atoms with van der Waals surface area (Å²) < 4.78 is 0. The SMILES string of the molecule is CC(C)CCC[C@H](C)[C@H]1CC[C@@H]2[C@@H]3CC(=O)[C@]45C[C@H]4CC[C@]5(C)[C@H]3CC[C@@]21C. The molecule has 5 aliphatic rings. The minimum atomic E-state index is 0.157. The Balaban J connectivity index is 1.35. The topological polar surface area (TPSA) is 17.1 Å². The Labute approximate surface area is 173 Å². The van der Waals surface area contributed by atoms with Gasteiger partial charge in [-0.3, -0.25) is 4.79 Å². The highest BCUT2D eigenvalue weighted by Crippen LogP contribution is 2.80. The van der Waals surface area contributed by atoms with Crippen molar-refractivity contribution >= 4 is 5.78 Å². The Hall–Kier alpha value is -0.330. The summed E-state index contributed by atoms with van der Waals surface area (Å²) in [4.78, 5) is 13.4. The van der Waals surface area contributed by atoms with Crippen LogP contribution in [0.5, 0.6) is 0 Å². The van der Waals surface area contributed by atoms with Gasteiger partial charge in [-0.15, -0.1) is 0 Å². The standard InChI is InChI=1S/C27H44O/c1-17(2)7-6-8-18(3)21-9-10-22-20-15-24(28)27-16-19(27)11-14-26(27,5)23(20)12-13-25(21,22)4/h17-23H,6-16H2,1-5H3/t18-,19+,20-,21+,22+,23-,25+,26+,27-/m0/s1. The minimum Gasteiger partial charge on any atom is -0.299 e. The quantitative estimate of drug-likeness (QED) is 0.486. The van der Waals surface area contributed by atoms with Crippen LogP contribution in [-0.4, -0.2) is 5.78 Å². The molecule has 1 nitrogen and oxygen atoms in total. The Morgan fingerprint density at radius 1 is 0.964 bits per heavy atom. The lowest BCUT2D eigenvalue weighted by molar-refractivity contribution is -0.151. The summed E-state index contributed by atoms with van der Waals surface area (Å²) in [7, 11) is 0. The first-order valence-electron chi connectivity index (χ1n) is 12.8. The van der Waals surface area contributed by atoms with E-state index in [0.717, 1.165) is 41.9 Å². The number of hydrogen-bond donors (Lipinski definition) is 0. The van der Waals surface area contributed by atoms with E-state index < -0.39 is 0 Å². The highest BCUT2D eigenvalue weighted by molar-refractivity contribution is 5.91. The number of Topliss-reactive ketones (excluding diaryl/α,β-unsaturated/α-hetero) is 1. The smallest absolute Gasteiger partial charge is 0.140 e. The molecule has 0 saturated heterocycles. The molecule has 0 N–H and O–H groups in total. The van der Waals surface area contributed by atoms with Crippen LogP contribution in [-0.2, 0) is 4.79 Å². The van der Waals surface area contributed by atoms with Gasteiger partial charge in [0, 0.05) is 11.8 Å². The Morgan fingerprint density at radius 2 is 1.75 bits per heavy atom. The van der Waals surface area contributed by atoms with E-state index in [1.165, 1.54) is 64.2 Å². The van der Waals surface area contributed by atoms with Gasteiger partial charge in [0.1, 0.15) is 5.78 Å². The number of hydrogen-bond acceptors (Lipinski definition) is 1. The number of fused-ring (bicyclic) bond motifs is 4. The summed E-state index contributed by atoms with van der Waals surface area (Å²) in [5.74, 6) is 6.49. The van der Waals surface area contributed by atoms with Crippen molar-refractivity contribution in [2.75, 3.05) is 0 Å². The Kier molecular flexibility index (Phi) is 4.44. The van der Waals surface area contributed by atoms with E-state index in [4.69, 9.17) is 0 Å². The third kappa shape index (κ3) is 2.40. The van der Waals surface area contributed by atoms with Crippen LogP contribution in [0, 0.1) is 57.7 Å². The van der Waals surface area contributed by atoms with Crippen LogP contribution in [0.3, 0.4) is 0 Å². The molecule has 1 heteroatoms. The fraction of sp³-hybridized carbons (Fsp3) is 0.963. The van der Waals surface area contributed by atoms with Crippen molar-refractivity contribution < 1.29 is 4.79 Å². The van der Waals surface area contributed by atoms with Crippen LogP contribution < -0.4 is 0 Å². The van der Waals surface area contributed by atoms with Crippen LogP contribution in [0.15, 0.2) is 0 Å².